The predicted octanol–water partition coefficient (Wildman–Crippen LogP) is 3.94. The average Bonchev–Trinajstić information content (AvgIpc) is 2.78. The lowest BCUT2D eigenvalue weighted by molar-refractivity contribution is -0.127. The van der Waals surface area contributed by atoms with Gasteiger partial charge < -0.3 is 19.9 Å². The second-order valence-corrected chi connectivity index (χ2v) is 7.95. The van der Waals surface area contributed by atoms with Gasteiger partial charge in [0, 0.05) is 43.6 Å². The van der Waals surface area contributed by atoms with Crippen molar-refractivity contribution in [3.63, 3.8) is 0 Å². The van der Waals surface area contributed by atoms with Crippen molar-refractivity contribution in [2.24, 2.45) is 5.41 Å². The van der Waals surface area contributed by atoms with Gasteiger partial charge in [-0.3, -0.25) is 9.59 Å². The van der Waals surface area contributed by atoms with Crippen LogP contribution in [0.25, 0.3) is 0 Å². The molecule has 0 spiro atoms. The summed E-state index contributed by atoms with van der Waals surface area (Å²) in [6.45, 7) is 8.12. The number of benzene rings is 2. The molecule has 0 saturated heterocycles. The maximum absolute atomic E-state index is 12.9. The largest absolute Gasteiger partial charge is 0.490 e. The molecule has 0 unspecified atom stereocenters. The lowest BCUT2D eigenvalue weighted by Gasteiger charge is -2.27. The standard InChI is InChI=1S/C23H27N3O3/c1-6-13-26-19-12-9-17(14-20(19)29-15-23(2,3)22(26)28)24-21(27)16-7-10-18(11-8-16)25(4)5/h6-12,14H,1,13,15H2,2-5H3,(H,24,27). The number of carbonyl (C=O) groups excluding carboxylic acids is 2. The molecule has 0 saturated carbocycles. The van der Waals surface area contributed by atoms with E-state index >= 15 is 0 Å². The van der Waals surface area contributed by atoms with Crippen molar-refractivity contribution in [3.05, 3.63) is 60.7 Å². The summed E-state index contributed by atoms with van der Waals surface area (Å²) < 4.78 is 5.93. The van der Waals surface area contributed by atoms with Crippen LogP contribution in [0.3, 0.4) is 0 Å². The van der Waals surface area contributed by atoms with Crippen molar-refractivity contribution in [1.82, 2.24) is 0 Å². The average molecular weight is 393 g/mol. The Morgan fingerprint density at radius 2 is 1.93 bits per heavy atom. The normalized spacial score (nSPS) is 15.0. The van der Waals surface area contributed by atoms with Crippen molar-refractivity contribution in [1.29, 1.82) is 0 Å². The Morgan fingerprint density at radius 1 is 1.24 bits per heavy atom. The van der Waals surface area contributed by atoms with Gasteiger partial charge in [-0.15, -0.1) is 6.58 Å². The Morgan fingerprint density at radius 3 is 2.55 bits per heavy atom. The maximum atomic E-state index is 12.9. The van der Waals surface area contributed by atoms with E-state index in [-0.39, 0.29) is 18.4 Å². The highest BCUT2D eigenvalue weighted by Gasteiger charge is 2.37. The Bertz CT molecular complexity index is 933. The first-order valence-corrected chi connectivity index (χ1v) is 9.51. The number of ether oxygens (including phenoxy) is 1. The van der Waals surface area contributed by atoms with Crippen LogP contribution in [0.1, 0.15) is 24.2 Å². The first kappa shape index (κ1) is 20.5. The van der Waals surface area contributed by atoms with Gasteiger partial charge >= 0.3 is 0 Å². The number of anilines is 3. The zero-order chi connectivity index (χ0) is 21.2. The van der Waals surface area contributed by atoms with Crippen molar-refractivity contribution in [3.8, 4) is 5.75 Å². The van der Waals surface area contributed by atoms with Gasteiger partial charge in [0.2, 0.25) is 5.91 Å². The summed E-state index contributed by atoms with van der Waals surface area (Å²) in [5.41, 5.74) is 2.22. The Kier molecular flexibility index (Phi) is 5.64. The molecule has 1 aliphatic heterocycles. The van der Waals surface area contributed by atoms with Gasteiger partial charge in [0.25, 0.3) is 5.91 Å². The molecular formula is C23H27N3O3. The van der Waals surface area contributed by atoms with Crippen molar-refractivity contribution in [2.45, 2.75) is 13.8 Å². The van der Waals surface area contributed by atoms with Gasteiger partial charge in [-0.2, -0.15) is 0 Å². The molecule has 1 aliphatic rings. The fourth-order valence-corrected chi connectivity index (χ4v) is 3.15. The van der Waals surface area contributed by atoms with Crippen LogP contribution in [-0.2, 0) is 4.79 Å². The monoisotopic (exact) mass is 393 g/mol. The fourth-order valence-electron chi connectivity index (χ4n) is 3.15. The number of amides is 2. The van der Waals surface area contributed by atoms with Gasteiger partial charge in [0.15, 0.2) is 0 Å². The first-order valence-electron chi connectivity index (χ1n) is 9.51. The first-order chi connectivity index (χ1) is 13.7. The number of fused-ring (bicyclic) bond motifs is 1. The van der Waals surface area contributed by atoms with E-state index in [1.165, 1.54) is 0 Å². The molecule has 0 atom stereocenters. The molecule has 0 fully saturated rings. The molecule has 0 aliphatic carbocycles. The van der Waals surface area contributed by atoms with Crippen LogP contribution in [-0.4, -0.2) is 39.1 Å². The molecule has 29 heavy (non-hydrogen) atoms. The minimum atomic E-state index is -0.653. The van der Waals surface area contributed by atoms with Crippen LogP contribution in [0.15, 0.2) is 55.1 Å². The summed E-state index contributed by atoms with van der Waals surface area (Å²) in [4.78, 5) is 29.1. The SMILES string of the molecule is C=CCN1C(=O)C(C)(C)COc2cc(NC(=O)c3ccc(N(C)C)cc3)ccc21. The molecule has 2 aromatic carbocycles. The summed E-state index contributed by atoms with van der Waals surface area (Å²) in [5.74, 6) is 0.337. The highest BCUT2D eigenvalue weighted by atomic mass is 16.5. The topological polar surface area (TPSA) is 61.9 Å². The molecule has 0 aromatic heterocycles. The lowest BCUT2D eigenvalue weighted by atomic mass is 9.93. The van der Waals surface area contributed by atoms with Gasteiger partial charge in [0.1, 0.15) is 12.4 Å². The summed E-state index contributed by atoms with van der Waals surface area (Å²) in [6, 6.07) is 12.7. The number of rotatable bonds is 5. The van der Waals surface area contributed by atoms with E-state index in [1.807, 2.05) is 45.0 Å². The van der Waals surface area contributed by atoms with E-state index in [1.54, 1.807) is 41.3 Å². The minimum Gasteiger partial charge on any atom is -0.490 e. The fraction of sp³-hybridized carbons (Fsp3) is 0.304. The van der Waals surface area contributed by atoms with Gasteiger partial charge in [-0.1, -0.05) is 6.08 Å². The zero-order valence-electron chi connectivity index (χ0n) is 17.4. The molecular weight excluding hydrogens is 366 g/mol. The molecule has 2 amide bonds. The van der Waals surface area contributed by atoms with Crippen LogP contribution in [0.4, 0.5) is 17.1 Å². The van der Waals surface area contributed by atoms with Crippen molar-refractivity contribution in [2.75, 3.05) is 42.4 Å². The predicted molar refractivity (Wildman–Crippen MR) is 117 cm³/mol. The Balaban J connectivity index is 1.84. The van der Waals surface area contributed by atoms with Gasteiger partial charge in [-0.05, 0) is 50.2 Å². The number of hydrogen-bond acceptors (Lipinski definition) is 4. The smallest absolute Gasteiger partial charge is 0.255 e. The second-order valence-electron chi connectivity index (χ2n) is 7.95. The maximum Gasteiger partial charge on any atom is 0.255 e. The number of carbonyl (C=O) groups is 2. The Hall–Kier alpha value is -3.28. The van der Waals surface area contributed by atoms with E-state index in [0.29, 0.717) is 29.2 Å². The van der Waals surface area contributed by atoms with Gasteiger partial charge in [-0.25, -0.2) is 0 Å². The highest BCUT2D eigenvalue weighted by molar-refractivity contribution is 6.05. The molecule has 3 rings (SSSR count). The third-order valence-corrected chi connectivity index (χ3v) is 4.88. The molecule has 6 nitrogen and oxygen atoms in total. The van der Waals surface area contributed by atoms with Gasteiger partial charge in [0.05, 0.1) is 11.1 Å². The number of nitrogens with one attached hydrogen (secondary N) is 1. The van der Waals surface area contributed by atoms with Crippen LogP contribution in [0.5, 0.6) is 5.75 Å². The van der Waals surface area contributed by atoms with E-state index in [4.69, 9.17) is 4.74 Å². The molecule has 1 heterocycles. The Labute approximate surface area is 171 Å². The zero-order valence-corrected chi connectivity index (χ0v) is 17.4. The van der Waals surface area contributed by atoms with E-state index in [2.05, 4.69) is 11.9 Å². The minimum absolute atomic E-state index is 0.0195. The third-order valence-electron chi connectivity index (χ3n) is 4.88. The number of hydrogen-bond donors (Lipinski definition) is 1. The van der Waals surface area contributed by atoms with Crippen LogP contribution < -0.4 is 19.9 Å². The summed E-state index contributed by atoms with van der Waals surface area (Å²) in [7, 11) is 3.90. The molecule has 152 valence electrons. The number of nitrogens with zero attached hydrogens (tertiary/aromatic N) is 2. The molecule has 6 heteroatoms. The molecule has 0 radical (unpaired) electrons. The van der Waals surface area contributed by atoms with E-state index in [0.717, 1.165) is 5.69 Å². The quantitative estimate of drug-likeness (QED) is 0.782. The highest BCUT2D eigenvalue weighted by Crippen LogP contribution is 2.38. The van der Waals surface area contributed by atoms with Crippen LogP contribution >= 0.6 is 0 Å². The molecule has 1 N–H and O–H groups in total. The van der Waals surface area contributed by atoms with Crippen LogP contribution in [0.2, 0.25) is 0 Å². The summed E-state index contributed by atoms with van der Waals surface area (Å²) in [6.07, 6.45) is 1.69. The summed E-state index contributed by atoms with van der Waals surface area (Å²) >= 11 is 0. The van der Waals surface area contributed by atoms with E-state index < -0.39 is 5.41 Å². The molecule has 2 aromatic rings. The van der Waals surface area contributed by atoms with E-state index in [9.17, 15) is 9.59 Å². The summed E-state index contributed by atoms with van der Waals surface area (Å²) in [5, 5.41) is 2.90. The van der Waals surface area contributed by atoms with Crippen molar-refractivity contribution >= 4 is 28.9 Å². The second kappa shape index (κ2) is 7.99. The molecule has 0 bridgehead atoms. The van der Waals surface area contributed by atoms with Crippen molar-refractivity contribution < 1.29 is 14.3 Å². The lowest BCUT2D eigenvalue weighted by Crippen LogP contribution is -2.42. The van der Waals surface area contributed by atoms with Crippen LogP contribution in [0, 0.1) is 5.41 Å². The third kappa shape index (κ3) is 4.26.